The molecule has 0 N–H and O–H groups in total. The Bertz CT molecular complexity index is 598. The van der Waals surface area contributed by atoms with Crippen molar-refractivity contribution in [2.75, 3.05) is 20.2 Å². The van der Waals surface area contributed by atoms with Crippen LogP contribution in [0.1, 0.15) is 36.2 Å². The van der Waals surface area contributed by atoms with Crippen molar-refractivity contribution < 1.29 is 19.2 Å². The predicted molar refractivity (Wildman–Crippen MR) is 85.2 cm³/mol. The molecule has 0 aliphatic rings. The summed E-state index contributed by atoms with van der Waals surface area (Å²) in [7, 11) is 1.30. The number of hydrogen-bond acceptors (Lipinski definition) is 5. The molecule has 1 amide bonds. The average molecular weight is 322 g/mol. The summed E-state index contributed by atoms with van der Waals surface area (Å²) >= 11 is 0. The third kappa shape index (κ3) is 5.36. The minimum absolute atomic E-state index is 0.0217. The summed E-state index contributed by atoms with van der Waals surface area (Å²) in [6.45, 7) is 6.28. The average Bonchev–Trinajstić information content (AvgIpc) is 2.49. The van der Waals surface area contributed by atoms with E-state index in [-0.39, 0.29) is 36.4 Å². The summed E-state index contributed by atoms with van der Waals surface area (Å²) in [5, 5.41) is 10.9. The van der Waals surface area contributed by atoms with Crippen molar-refractivity contribution >= 4 is 17.6 Å². The van der Waals surface area contributed by atoms with Gasteiger partial charge >= 0.3 is 5.97 Å². The van der Waals surface area contributed by atoms with Crippen molar-refractivity contribution in [3.05, 3.63) is 39.4 Å². The van der Waals surface area contributed by atoms with Crippen LogP contribution in [0.4, 0.5) is 5.69 Å². The zero-order chi connectivity index (χ0) is 17.6. The van der Waals surface area contributed by atoms with Gasteiger partial charge in [-0.15, -0.1) is 0 Å². The van der Waals surface area contributed by atoms with E-state index < -0.39 is 4.92 Å². The van der Waals surface area contributed by atoms with Crippen LogP contribution in [0.5, 0.6) is 0 Å². The van der Waals surface area contributed by atoms with E-state index in [1.54, 1.807) is 11.8 Å². The number of nitro groups is 1. The molecule has 7 nitrogen and oxygen atoms in total. The Kier molecular flexibility index (Phi) is 6.68. The van der Waals surface area contributed by atoms with Gasteiger partial charge in [0.15, 0.2) is 0 Å². The van der Waals surface area contributed by atoms with Gasteiger partial charge in [0.05, 0.1) is 18.5 Å². The number of methoxy groups -OCH3 is 1. The second-order valence-corrected chi connectivity index (χ2v) is 5.73. The Morgan fingerprint density at radius 3 is 2.48 bits per heavy atom. The normalized spacial score (nSPS) is 10.5. The number of amides is 1. The van der Waals surface area contributed by atoms with E-state index in [2.05, 4.69) is 4.74 Å². The van der Waals surface area contributed by atoms with Crippen LogP contribution in [0.15, 0.2) is 18.2 Å². The third-order valence-corrected chi connectivity index (χ3v) is 3.33. The van der Waals surface area contributed by atoms with E-state index >= 15 is 0 Å². The molecule has 0 fully saturated rings. The number of esters is 1. The molecule has 7 heteroatoms. The predicted octanol–water partition coefficient (Wildman–Crippen LogP) is 2.56. The SMILES string of the molecule is COC(=O)CCN(CC(C)C)C(=O)c1ccc([N+](=O)[O-])c(C)c1. The summed E-state index contributed by atoms with van der Waals surface area (Å²) < 4.78 is 4.60. The first kappa shape index (κ1) is 18.6. The van der Waals surface area contributed by atoms with Crippen molar-refractivity contribution in [1.29, 1.82) is 0 Å². The molecule has 0 aliphatic heterocycles. The van der Waals surface area contributed by atoms with Gasteiger partial charge in [-0.1, -0.05) is 13.8 Å². The summed E-state index contributed by atoms with van der Waals surface area (Å²) in [6, 6.07) is 4.28. The van der Waals surface area contributed by atoms with E-state index in [9.17, 15) is 19.7 Å². The van der Waals surface area contributed by atoms with Gasteiger partial charge in [0.25, 0.3) is 11.6 Å². The number of benzene rings is 1. The largest absolute Gasteiger partial charge is 0.469 e. The number of hydrogen-bond donors (Lipinski definition) is 0. The van der Waals surface area contributed by atoms with Crippen molar-refractivity contribution in [2.45, 2.75) is 27.2 Å². The number of rotatable bonds is 7. The van der Waals surface area contributed by atoms with E-state index in [4.69, 9.17) is 0 Å². The highest BCUT2D eigenvalue weighted by molar-refractivity contribution is 5.95. The topological polar surface area (TPSA) is 89.8 Å². The molecule has 0 atom stereocenters. The zero-order valence-electron chi connectivity index (χ0n) is 13.9. The minimum Gasteiger partial charge on any atom is -0.469 e. The van der Waals surface area contributed by atoms with Crippen LogP contribution >= 0.6 is 0 Å². The van der Waals surface area contributed by atoms with E-state index in [0.717, 1.165) is 0 Å². The molecular weight excluding hydrogens is 300 g/mol. The van der Waals surface area contributed by atoms with Crippen LogP contribution in [0.25, 0.3) is 0 Å². The fraction of sp³-hybridized carbons (Fsp3) is 0.500. The quantitative estimate of drug-likeness (QED) is 0.437. The van der Waals surface area contributed by atoms with Gasteiger partial charge in [-0.2, -0.15) is 0 Å². The van der Waals surface area contributed by atoms with Gasteiger partial charge in [-0.3, -0.25) is 19.7 Å². The van der Waals surface area contributed by atoms with Crippen LogP contribution in [0.3, 0.4) is 0 Å². The highest BCUT2D eigenvalue weighted by Crippen LogP contribution is 2.20. The molecule has 0 saturated carbocycles. The van der Waals surface area contributed by atoms with Crippen LogP contribution < -0.4 is 0 Å². The van der Waals surface area contributed by atoms with Crippen LogP contribution in [-0.4, -0.2) is 41.9 Å². The maximum absolute atomic E-state index is 12.6. The first-order chi connectivity index (χ1) is 10.8. The molecule has 1 rings (SSSR count). The monoisotopic (exact) mass is 322 g/mol. The Labute approximate surface area is 135 Å². The Morgan fingerprint density at radius 1 is 1.35 bits per heavy atom. The summed E-state index contributed by atoms with van der Waals surface area (Å²) in [6.07, 6.45) is 0.112. The molecule has 0 radical (unpaired) electrons. The Hall–Kier alpha value is -2.44. The molecule has 0 saturated heterocycles. The standard InChI is InChI=1S/C16H22N2O5/c1-11(2)10-17(8-7-15(19)23-4)16(20)13-5-6-14(18(21)22)12(3)9-13/h5-6,9,11H,7-8,10H2,1-4H3. The van der Waals surface area contributed by atoms with E-state index in [0.29, 0.717) is 17.7 Å². The number of ether oxygens (including phenoxy) is 1. The first-order valence-electron chi connectivity index (χ1n) is 7.37. The molecule has 1 aromatic carbocycles. The lowest BCUT2D eigenvalue weighted by Gasteiger charge is -2.24. The summed E-state index contributed by atoms with van der Waals surface area (Å²) in [4.78, 5) is 35.9. The van der Waals surface area contributed by atoms with Crippen molar-refractivity contribution in [2.24, 2.45) is 5.92 Å². The lowest BCUT2D eigenvalue weighted by atomic mass is 10.1. The molecule has 0 unspecified atom stereocenters. The van der Waals surface area contributed by atoms with E-state index in [1.165, 1.54) is 25.3 Å². The van der Waals surface area contributed by atoms with Crippen molar-refractivity contribution in [3.8, 4) is 0 Å². The molecule has 23 heavy (non-hydrogen) atoms. The lowest BCUT2D eigenvalue weighted by Crippen LogP contribution is -2.36. The summed E-state index contributed by atoms with van der Waals surface area (Å²) in [5.74, 6) is -0.400. The van der Waals surface area contributed by atoms with Gasteiger partial charge in [0.1, 0.15) is 0 Å². The van der Waals surface area contributed by atoms with E-state index in [1.807, 2.05) is 13.8 Å². The third-order valence-electron chi connectivity index (χ3n) is 3.33. The van der Waals surface area contributed by atoms with Gasteiger partial charge in [0.2, 0.25) is 0 Å². The maximum Gasteiger partial charge on any atom is 0.307 e. The number of nitrogens with zero attached hydrogens (tertiary/aromatic N) is 2. The minimum atomic E-state index is -0.479. The van der Waals surface area contributed by atoms with Gasteiger partial charge in [-0.05, 0) is 25.0 Å². The molecule has 126 valence electrons. The molecular formula is C16H22N2O5. The maximum atomic E-state index is 12.6. The van der Waals surface area contributed by atoms with Crippen LogP contribution in [0.2, 0.25) is 0 Å². The molecule has 0 spiro atoms. The lowest BCUT2D eigenvalue weighted by molar-refractivity contribution is -0.385. The second-order valence-electron chi connectivity index (χ2n) is 5.73. The number of nitro benzene ring substituents is 1. The van der Waals surface area contributed by atoms with Crippen molar-refractivity contribution in [3.63, 3.8) is 0 Å². The Morgan fingerprint density at radius 2 is 2.00 bits per heavy atom. The zero-order valence-corrected chi connectivity index (χ0v) is 13.9. The smallest absolute Gasteiger partial charge is 0.307 e. The number of aryl methyl sites for hydroxylation is 1. The molecule has 0 aromatic heterocycles. The van der Waals surface area contributed by atoms with Crippen molar-refractivity contribution in [1.82, 2.24) is 4.90 Å². The van der Waals surface area contributed by atoms with Gasteiger partial charge in [-0.25, -0.2) is 0 Å². The first-order valence-corrected chi connectivity index (χ1v) is 7.37. The Balaban J connectivity index is 2.97. The fourth-order valence-electron chi connectivity index (χ4n) is 2.22. The highest BCUT2D eigenvalue weighted by atomic mass is 16.6. The fourth-order valence-corrected chi connectivity index (χ4v) is 2.22. The van der Waals surface area contributed by atoms with Crippen LogP contribution in [-0.2, 0) is 9.53 Å². The number of carbonyl (C=O) groups excluding carboxylic acids is 2. The molecule has 0 bridgehead atoms. The van der Waals surface area contributed by atoms with Crippen LogP contribution in [0, 0.1) is 23.0 Å². The second kappa shape index (κ2) is 8.26. The molecule has 1 aromatic rings. The summed E-state index contributed by atoms with van der Waals surface area (Å²) in [5.41, 5.74) is 0.781. The van der Waals surface area contributed by atoms with Gasteiger partial charge in [0, 0.05) is 30.3 Å². The molecule has 0 heterocycles. The highest BCUT2D eigenvalue weighted by Gasteiger charge is 2.20. The number of carbonyl (C=O) groups is 2. The molecule has 0 aliphatic carbocycles. The van der Waals surface area contributed by atoms with Gasteiger partial charge < -0.3 is 9.64 Å².